The van der Waals surface area contributed by atoms with E-state index in [1.807, 2.05) is 0 Å². The van der Waals surface area contributed by atoms with Crippen LogP contribution < -0.4 is 4.90 Å². The molecule has 1 heterocycles. The van der Waals surface area contributed by atoms with Gasteiger partial charge in [-0.15, -0.1) is 0 Å². The van der Waals surface area contributed by atoms with Gasteiger partial charge < -0.3 is 4.90 Å². The second kappa shape index (κ2) is 6.65. The summed E-state index contributed by atoms with van der Waals surface area (Å²) in [5, 5.41) is 0. The zero-order chi connectivity index (χ0) is 19.1. The summed E-state index contributed by atoms with van der Waals surface area (Å²) < 4.78 is 1.09. The highest BCUT2D eigenvalue weighted by Crippen LogP contribution is 2.54. The van der Waals surface area contributed by atoms with Gasteiger partial charge in [0.2, 0.25) is 0 Å². The molecule has 1 atom stereocenters. The van der Waals surface area contributed by atoms with Crippen molar-refractivity contribution in [1.82, 2.24) is 0 Å². The fraction of sp³-hybridized carbons (Fsp3) is 0.0769. The van der Waals surface area contributed by atoms with Crippen LogP contribution in [-0.2, 0) is 5.41 Å². The quantitative estimate of drug-likeness (QED) is 0.319. The van der Waals surface area contributed by atoms with E-state index < -0.39 is 0 Å². The number of hydrogen-bond donors (Lipinski definition) is 0. The largest absolute Gasteiger partial charge is 0.310 e. The molecular weight excluding hydrogens is 406 g/mol. The maximum absolute atomic E-state index is 3.70. The monoisotopic (exact) mass is 425 g/mol. The highest BCUT2D eigenvalue weighted by Gasteiger charge is 2.41. The topological polar surface area (TPSA) is 3.24 Å². The lowest BCUT2D eigenvalue weighted by atomic mass is 9.67. The first-order chi connectivity index (χ1) is 13.7. The lowest BCUT2D eigenvalue weighted by Gasteiger charge is -2.44. The van der Waals surface area contributed by atoms with Crippen molar-refractivity contribution in [3.8, 4) is 0 Å². The number of benzene rings is 4. The standard InChI is InChI=1S/C26H20BrN/c1-26(19-10-4-2-5-11-19)22-14-8-9-15-24(22)28(21-12-6-3-7-13-21)25-18-20(27)16-17-23(25)26/h2-18H,1H3. The van der Waals surface area contributed by atoms with E-state index in [1.54, 1.807) is 0 Å². The van der Waals surface area contributed by atoms with Crippen molar-refractivity contribution >= 4 is 33.0 Å². The van der Waals surface area contributed by atoms with Crippen LogP contribution in [0, 0.1) is 0 Å². The fourth-order valence-electron chi connectivity index (χ4n) is 4.42. The maximum atomic E-state index is 3.70. The summed E-state index contributed by atoms with van der Waals surface area (Å²) in [6.45, 7) is 2.34. The number of para-hydroxylation sites is 2. The minimum atomic E-state index is -0.223. The van der Waals surface area contributed by atoms with Gasteiger partial charge in [0.1, 0.15) is 0 Å². The Kier molecular flexibility index (Phi) is 4.10. The van der Waals surface area contributed by atoms with Crippen molar-refractivity contribution in [2.24, 2.45) is 0 Å². The zero-order valence-electron chi connectivity index (χ0n) is 15.6. The van der Waals surface area contributed by atoms with Crippen LogP contribution >= 0.6 is 15.9 Å². The van der Waals surface area contributed by atoms with Crippen molar-refractivity contribution in [1.29, 1.82) is 0 Å². The Morgan fingerprint density at radius 1 is 0.643 bits per heavy atom. The van der Waals surface area contributed by atoms with Crippen LogP contribution in [0.5, 0.6) is 0 Å². The van der Waals surface area contributed by atoms with Gasteiger partial charge in [-0.05, 0) is 53.9 Å². The Hall–Kier alpha value is -2.84. The predicted molar refractivity (Wildman–Crippen MR) is 121 cm³/mol. The summed E-state index contributed by atoms with van der Waals surface area (Å²) in [7, 11) is 0. The SMILES string of the molecule is CC1(c2ccccc2)c2ccccc2N(c2ccccc2)c2cc(Br)ccc21. The van der Waals surface area contributed by atoms with Crippen LogP contribution in [0.1, 0.15) is 23.6 Å². The molecule has 4 aromatic carbocycles. The molecule has 1 aliphatic rings. The average Bonchev–Trinajstić information content (AvgIpc) is 2.75. The van der Waals surface area contributed by atoms with E-state index in [-0.39, 0.29) is 5.41 Å². The second-order valence-corrected chi connectivity index (χ2v) is 8.26. The molecule has 2 heteroatoms. The molecule has 136 valence electrons. The van der Waals surface area contributed by atoms with Crippen LogP contribution in [0.2, 0.25) is 0 Å². The van der Waals surface area contributed by atoms with Crippen molar-refractivity contribution in [3.05, 3.63) is 124 Å². The normalized spacial score (nSPS) is 17.7. The molecule has 0 aliphatic carbocycles. The van der Waals surface area contributed by atoms with E-state index in [1.165, 1.54) is 33.8 Å². The molecule has 0 bridgehead atoms. The van der Waals surface area contributed by atoms with Gasteiger partial charge in [0.15, 0.2) is 0 Å². The van der Waals surface area contributed by atoms with Gasteiger partial charge in [-0.25, -0.2) is 0 Å². The molecule has 0 saturated heterocycles. The van der Waals surface area contributed by atoms with Gasteiger partial charge in [0.05, 0.1) is 11.4 Å². The third kappa shape index (κ3) is 2.52. The third-order valence-corrected chi connectivity index (χ3v) is 6.28. The lowest BCUT2D eigenvalue weighted by Crippen LogP contribution is -2.34. The molecule has 4 aromatic rings. The Balaban J connectivity index is 1.88. The summed E-state index contributed by atoms with van der Waals surface area (Å²) in [4.78, 5) is 2.38. The fourth-order valence-corrected chi connectivity index (χ4v) is 4.77. The van der Waals surface area contributed by atoms with Crippen LogP contribution in [0.15, 0.2) is 108 Å². The first-order valence-electron chi connectivity index (χ1n) is 9.50. The van der Waals surface area contributed by atoms with E-state index >= 15 is 0 Å². The first kappa shape index (κ1) is 17.3. The van der Waals surface area contributed by atoms with E-state index in [4.69, 9.17) is 0 Å². The van der Waals surface area contributed by atoms with E-state index in [2.05, 4.69) is 131 Å². The highest BCUT2D eigenvalue weighted by atomic mass is 79.9. The number of hydrogen-bond acceptors (Lipinski definition) is 1. The number of anilines is 3. The molecule has 28 heavy (non-hydrogen) atoms. The summed E-state index contributed by atoms with van der Waals surface area (Å²) in [6.07, 6.45) is 0. The van der Waals surface area contributed by atoms with Crippen LogP contribution in [0.25, 0.3) is 0 Å². The summed E-state index contributed by atoms with van der Waals surface area (Å²) >= 11 is 3.70. The molecule has 1 aliphatic heterocycles. The lowest BCUT2D eigenvalue weighted by molar-refractivity contribution is 0.681. The molecule has 0 spiro atoms. The molecule has 0 aromatic heterocycles. The van der Waals surface area contributed by atoms with Crippen molar-refractivity contribution in [2.75, 3.05) is 4.90 Å². The Morgan fingerprint density at radius 3 is 2.00 bits per heavy atom. The summed E-state index contributed by atoms with van der Waals surface area (Å²) in [6, 6.07) is 36.8. The summed E-state index contributed by atoms with van der Waals surface area (Å²) in [5.41, 5.74) is 7.32. The average molecular weight is 426 g/mol. The molecule has 0 saturated carbocycles. The van der Waals surface area contributed by atoms with Gasteiger partial charge in [-0.1, -0.05) is 88.7 Å². The molecule has 0 fully saturated rings. The van der Waals surface area contributed by atoms with E-state index in [0.29, 0.717) is 0 Å². The predicted octanol–water partition coefficient (Wildman–Crippen LogP) is 7.59. The number of nitrogens with zero attached hydrogens (tertiary/aromatic N) is 1. The summed E-state index contributed by atoms with van der Waals surface area (Å²) in [5.74, 6) is 0. The van der Waals surface area contributed by atoms with Crippen LogP contribution in [0.3, 0.4) is 0 Å². The van der Waals surface area contributed by atoms with Gasteiger partial charge in [-0.3, -0.25) is 0 Å². The molecule has 1 unspecified atom stereocenters. The molecule has 0 amide bonds. The molecule has 0 radical (unpaired) electrons. The van der Waals surface area contributed by atoms with Gasteiger partial charge in [0, 0.05) is 15.6 Å². The molecule has 0 N–H and O–H groups in total. The minimum absolute atomic E-state index is 0.223. The second-order valence-electron chi connectivity index (χ2n) is 7.34. The molecular formula is C26H20BrN. The van der Waals surface area contributed by atoms with Crippen molar-refractivity contribution < 1.29 is 0 Å². The smallest absolute Gasteiger partial charge is 0.0517 e. The zero-order valence-corrected chi connectivity index (χ0v) is 17.2. The maximum Gasteiger partial charge on any atom is 0.0517 e. The third-order valence-electron chi connectivity index (χ3n) is 5.79. The Labute approximate surface area is 174 Å². The van der Waals surface area contributed by atoms with Gasteiger partial charge in [-0.2, -0.15) is 0 Å². The Morgan fingerprint density at radius 2 is 1.25 bits per heavy atom. The highest BCUT2D eigenvalue weighted by molar-refractivity contribution is 9.10. The van der Waals surface area contributed by atoms with Crippen LogP contribution in [-0.4, -0.2) is 0 Å². The van der Waals surface area contributed by atoms with Crippen LogP contribution in [0.4, 0.5) is 17.1 Å². The first-order valence-corrected chi connectivity index (χ1v) is 10.3. The Bertz CT molecular complexity index is 1140. The van der Waals surface area contributed by atoms with Crippen molar-refractivity contribution in [3.63, 3.8) is 0 Å². The number of fused-ring (bicyclic) bond motifs is 2. The van der Waals surface area contributed by atoms with E-state index in [0.717, 1.165) is 4.47 Å². The number of halogens is 1. The molecule has 1 nitrogen and oxygen atoms in total. The number of rotatable bonds is 2. The van der Waals surface area contributed by atoms with Crippen molar-refractivity contribution in [2.45, 2.75) is 12.3 Å². The van der Waals surface area contributed by atoms with Gasteiger partial charge in [0.25, 0.3) is 0 Å². The minimum Gasteiger partial charge on any atom is -0.310 e. The van der Waals surface area contributed by atoms with Gasteiger partial charge >= 0.3 is 0 Å². The molecule has 5 rings (SSSR count). The van der Waals surface area contributed by atoms with E-state index in [9.17, 15) is 0 Å².